The van der Waals surface area contributed by atoms with E-state index in [9.17, 15) is 8.42 Å². The fourth-order valence-electron chi connectivity index (χ4n) is 1.25. The second-order valence-corrected chi connectivity index (χ2v) is 5.66. The van der Waals surface area contributed by atoms with Crippen molar-refractivity contribution in [1.82, 2.24) is 4.72 Å². The van der Waals surface area contributed by atoms with Crippen LogP contribution in [0.3, 0.4) is 0 Å². The van der Waals surface area contributed by atoms with E-state index in [4.69, 9.17) is 0 Å². The number of rotatable bonds is 5. The van der Waals surface area contributed by atoms with E-state index in [1.54, 1.807) is 6.92 Å². The largest absolute Gasteiger partial charge is 0.215 e. The maximum absolute atomic E-state index is 11.2. The molecule has 1 aromatic rings. The Labute approximate surface area is 91.6 Å². The summed E-state index contributed by atoms with van der Waals surface area (Å²) in [5, 5.41) is 0. The van der Waals surface area contributed by atoms with Gasteiger partial charge in [0, 0.05) is 6.54 Å². The van der Waals surface area contributed by atoms with Crippen LogP contribution in [0.1, 0.15) is 25.3 Å². The predicted octanol–water partition coefficient (Wildman–Crippen LogP) is 1.73. The van der Waals surface area contributed by atoms with Gasteiger partial charge in [-0.25, -0.2) is 13.1 Å². The molecule has 0 aromatic heterocycles. The van der Waals surface area contributed by atoms with Crippen molar-refractivity contribution in [2.75, 3.05) is 12.3 Å². The smallest absolute Gasteiger partial charge is 0.211 e. The zero-order valence-electron chi connectivity index (χ0n) is 9.10. The van der Waals surface area contributed by atoms with Gasteiger partial charge in [0.15, 0.2) is 0 Å². The van der Waals surface area contributed by atoms with Gasteiger partial charge in [-0.3, -0.25) is 0 Å². The number of sulfonamides is 1. The first kappa shape index (κ1) is 12.2. The Morgan fingerprint density at radius 3 is 2.40 bits per heavy atom. The molecule has 0 amide bonds. The molecule has 0 saturated heterocycles. The topological polar surface area (TPSA) is 46.2 Å². The molecule has 1 unspecified atom stereocenters. The Kier molecular flexibility index (Phi) is 4.29. The molecule has 1 N–H and O–H groups in total. The van der Waals surface area contributed by atoms with Crippen LogP contribution < -0.4 is 4.72 Å². The van der Waals surface area contributed by atoms with Crippen molar-refractivity contribution >= 4 is 10.0 Å². The molecule has 0 radical (unpaired) electrons. The van der Waals surface area contributed by atoms with Crippen molar-refractivity contribution in [3.05, 3.63) is 35.9 Å². The molecule has 1 rings (SSSR count). The molecule has 0 bridgehead atoms. The summed E-state index contributed by atoms with van der Waals surface area (Å²) in [6, 6.07) is 9.88. The lowest BCUT2D eigenvalue weighted by Crippen LogP contribution is -2.28. The van der Waals surface area contributed by atoms with E-state index in [-0.39, 0.29) is 11.7 Å². The van der Waals surface area contributed by atoms with E-state index < -0.39 is 10.0 Å². The van der Waals surface area contributed by atoms with Crippen molar-refractivity contribution in [2.45, 2.75) is 19.8 Å². The zero-order valence-corrected chi connectivity index (χ0v) is 9.92. The summed E-state index contributed by atoms with van der Waals surface area (Å²) >= 11 is 0. The molecule has 0 aliphatic heterocycles. The lowest BCUT2D eigenvalue weighted by atomic mass is 10.0. The molecule has 0 fully saturated rings. The fraction of sp³-hybridized carbons (Fsp3) is 0.455. The highest BCUT2D eigenvalue weighted by atomic mass is 32.2. The van der Waals surface area contributed by atoms with Gasteiger partial charge in [0.05, 0.1) is 5.75 Å². The highest BCUT2D eigenvalue weighted by Crippen LogP contribution is 2.13. The second kappa shape index (κ2) is 5.28. The van der Waals surface area contributed by atoms with Gasteiger partial charge < -0.3 is 0 Å². The van der Waals surface area contributed by atoms with Gasteiger partial charge in [-0.15, -0.1) is 0 Å². The summed E-state index contributed by atoms with van der Waals surface area (Å²) in [7, 11) is -3.07. The Balaban J connectivity index is 2.54. The van der Waals surface area contributed by atoms with Crippen molar-refractivity contribution in [3.63, 3.8) is 0 Å². The average molecular weight is 227 g/mol. The fourth-order valence-corrected chi connectivity index (χ4v) is 1.96. The second-order valence-electron chi connectivity index (χ2n) is 3.56. The summed E-state index contributed by atoms with van der Waals surface area (Å²) in [4.78, 5) is 0. The van der Waals surface area contributed by atoms with E-state index in [1.165, 1.54) is 0 Å². The van der Waals surface area contributed by atoms with Gasteiger partial charge in [-0.05, 0) is 18.4 Å². The van der Waals surface area contributed by atoms with Crippen molar-refractivity contribution in [1.29, 1.82) is 0 Å². The molecular weight excluding hydrogens is 210 g/mol. The molecule has 15 heavy (non-hydrogen) atoms. The first-order valence-corrected chi connectivity index (χ1v) is 6.72. The van der Waals surface area contributed by atoms with Gasteiger partial charge in [0.2, 0.25) is 10.0 Å². The molecule has 1 atom stereocenters. The lowest BCUT2D eigenvalue weighted by Gasteiger charge is -2.12. The van der Waals surface area contributed by atoms with E-state index in [0.717, 1.165) is 5.56 Å². The summed E-state index contributed by atoms with van der Waals surface area (Å²) in [5.41, 5.74) is 1.15. The molecule has 84 valence electrons. The molecule has 0 heterocycles. The third-order valence-corrected chi connectivity index (χ3v) is 3.72. The van der Waals surface area contributed by atoms with Crippen molar-refractivity contribution in [2.24, 2.45) is 0 Å². The van der Waals surface area contributed by atoms with Crippen molar-refractivity contribution in [3.8, 4) is 0 Å². The minimum Gasteiger partial charge on any atom is -0.215 e. The summed E-state index contributed by atoms with van der Waals surface area (Å²) < 4.78 is 25.0. The Bertz CT molecular complexity index is 386. The lowest BCUT2D eigenvalue weighted by molar-refractivity contribution is 0.576. The standard InChI is InChI=1S/C11H17NO2S/c1-3-15(13,14)12-9-10(2)11-7-5-4-6-8-11/h4-8,10,12H,3,9H2,1-2H3. The Morgan fingerprint density at radius 2 is 1.87 bits per heavy atom. The number of hydrogen-bond acceptors (Lipinski definition) is 2. The van der Waals surface area contributed by atoms with Crippen molar-refractivity contribution < 1.29 is 8.42 Å². The van der Waals surface area contributed by atoms with Crippen LogP contribution in [0.15, 0.2) is 30.3 Å². The van der Waals surface area contributed by atoms with Gasteiger partial charge in [0.1, 0.15) is 0 Å². The summed E-state index contributed by atoms with van der Waals surface area (Å²) in [6.45, 7) is 4.10. The quantitative estimate of drug-likeness (QED) is 0.832. The third-order valence-electron chi connectivity index (χ3n) is 2.36. The number of benzene rings is 1. The zero-order chi connectivity index (χ0) is 11.3. The maximum Gasteiger partial charge on any atom is 0.211 e. The van der Waals surface area contributed by atoms with Gasteiger partial charge in [0.25, 0.3) is 0 Å². The first-order chi connectivity index (χ1) is 7.05. The highest BCUT2D eigenvalue weighted by molar-refractivity contribution is 7.89. The van der Waals surface area contributed by atoms with Gasteiger partial charge in [-0.1, -0.05) is 37.3 Å². The molecule has 3 nitrogen and oxygen atoms in total. The van der Waals surface area contributed by atoms with Crippen LogP contribution in [0.25, 0.3) is 0 Å². The highest BCUT2D eigenvalue weighted by Gasteiger charge is 2.10. The minimum absolute atomic E-state index is 0.133. The Morgan fingerprint density at radius 1 is 1.27 bits per heavy atom. The molecule has 4 heteroatoms. The SMILES string of the molecule is CCS(=O)(=O)NCC(C)c1ccccc1. The van der Waals surface area contributed by atoms with Crippen LogP contribution in [0, 0.1) is 0 Å². The average Bonchev–Trinajstić information content (AvgIpc) is 2.27. The van der Waals surface area contributed by atoms with Gasteiger partial charge in [-0.2, -0.15) is 0 Å². The number of nitrogens with one attached hydrogen (secondary N) is 1. The predicted molar refractivity (Wildman–Crippen MR) is 62.3 cm³/mol. The van der Waals surface area contributed by atoms with E-state index in [2.05, 4.69) is 4.72 Å². The molecular formula is C11H17NO2S. The maximum atomic E-state index is 11.2. The van der Waals surface area contributed by atoms with Crippen LogP contribution in [-0.2, 0) is 10.0 Å². The molecule has 0 saturated carbocycles. The van der Waals surface area contributed by atoms with Crippen LogP contribution in [0.2, 0.25) is 0 Å². The van der Waals surface area contributed by atoms with Crippen LogP contribution in [0.4, 0.5) is 0 Å². The minimum atomic E-state index is -3.07. The van der Waals surface area contributed by atoms with E-state index in [0.29, 0.717) is 6.54 Å². The van der Waals surface area contributed by atoms with Crippen LogP contribution in [0.5, 0.6) is 0 Å². The normalized spacial score (nSPS) is 13.7. The summed E-state index contributed by atoms with van der Waals surface area (Å²) in [5.74, 6) is 0.335. The number of hydrogen-bond donors (Lipinski definition) is 1. The Hall–Kier alpha value is -0.870. The van der Waals surface area contributed by atoms with Crippen LogP contribution in [-0.4, -0.2) is 20.7 Å². The molecule has 1 aromatic carbocycles. The molecule has 0 aliphatic rings. The van der Waals surface area contributed by atoms with Crippen LogP contribution >= 0.6 is 0 Å². The van der Waals surface area contributed by atoms with Gasteiger partial charge >= 0.3 is 0 Å². The third kappa shape index (κ3) is 4.01. The van der Waals surface area contributed by atoms with E-state index in [1.807, 2.05) is 37.3 Å². The molecule has 0 aliphatic carbocycles. The molecule has 0 spiro atoms. The first-order valence-electron chi connectivity index (χ1n) is 5.07. The van der Waals surface area contributed by atoms with E-state index >= 15 is 0 Å². The summed E-state index contributed by atoms with van der Waals surface area (Å²) in [6.07, 6.45) is 0. The monoisotopic (exact) mass is 227 g/mol.